The number of aliphatic hydroxyl groups excluding tert-OH is 1. The zero-order valence-corrected chi connectivity index (χ0v) is 10.1. The summed E-state index contributed by atoms with van der Waals surface area (Å²) >= 11 is 0. The lowest BCUT2D eigenvalue weighted by atomic mass is 9.72. The normalized spacial score (nSPS) is 22.1. The molecular weight excluding hydrogens is 174 g/mol. The standard InChI is InChI=1S/C12H25NO/c1-5-12(6-2)9-13(10-12)11(3,4)7-8-14/h14H,5-10H2,1-4H3. The van der Waals surface area contributed by atoms with Gasteiger partial charge < -0.3 is 5.11 Å². The Labute approximate surface area is 88.3 Å². The van der Waals surface area contributed by atoms with Crippen molar-refractivity contribution >= 4 is 0 Å². The summed E-state index contributed by atoms with van der Waals surface area (Å²) in [5.41, 5.74) is 0.759. The van der Waals surface area contributed by atoms with Crippen LogP contribution in [0.5, 0.6) is 0 Å². The van der Waals surface area contributed by atoms with E-state index in [1.165, 1.54) is 25.9 Å². The lowest BCUT2D eigenvalue weighted by molar-refractivity contribution is -0.0766. The second kappa shape index (κ2) is 4.19. The summed E-state index contributed by atoms with van der Waals surface area (Å²) < 4.78 is 0. The van der Waals surface area contributed by atoms with Gasteiger partial charge in [-0.3, -0.25) is 4.90 Å². The highest BCUT2D eigenvalue weighted by molar-refractivity contribution is 4.99. The maximum atomic E-state index is 8.99. The van der Waals surface area contributed by atoms with Crippen LogP contribution in [0.2, 0.25) is 0 Å². The maximum absolute atomic E-state index is 8.99. The highest BCUT2D eigenvalue weighted by Gasteiger charge is 2.45. The smallest absolute Gasteiger partial charge is 0.0448 e. The van der Waals surface area contributed by atoms with Crippen molar-refractivity contribution in [2.45, 2.75) is 52.5 Å². The van der Waals surface area contributed by atoms with E-state index in [0.29, 0.717) is 12.0 Å². The summed E-state index contributed by atoms with van der Waals surface area (Å²) in [6.07, 6.45) is 3.46. The number of aliphatic hydroxyl groups is 1. The first-order chi connectivity index (χ1) is 6.49. The van der Waals surface area contributed by atoms with Gasteiger partial charge in [-0.25, -0.2) is 0 Å². The van der Waals surface area contributed by atoms with Crippen LogP contribution in [0.3, 0.4) is 0 Å². The van der Waals surface area contributed by atoms with E-state index in [1.807, 2.05) is 0 Å². The molecule has 1 aliphatic heterocycles. The molecule has 0 aromatic heterocycles. The second-order valence-electron chi connectivity index (χ2n) is 5.35. The quantitative estimate of drug-likeness (QED) is 0.734. The summed E-state index contributed by atoms with van der Waals surface area (Å²) in [5.74, 6) is 0. The fraction of sp³-hybridized carbons (Fsp3) is 1.00. The van der Waals surface area contributed by atoms with E-state index in [2.05, 4.69) is 32.6 Å². The zero-order valence-electron chi connectivity index (χ0n) is 10.1. The fourth-order valence-corrected chi connectivity index (χ4v) is 2.32. The van der Waals surface area contributed by atoms with E-state index < -0.39 is 0 Å². The number of hydrogen-bond donors (Lipinski definition) is 1. The molecule has 0 saturated carbocycles. The lowest BCUT2D eigenvalue weighted by Gasteiger charge is -2.56. The fourth-order valence-electron chi connectivity index (χ4n) is 2.32. The number of nitrogens with zero attached hydrogens (tertiary/aromatic N) is 1. The van der Waals surface area contributed by atoms with Gasteiger partial charge in [-0.2, -0.15) is 0 Å². The van der Waals surface area contributed by atoms with Crippen LogP contribution in [-0.4, -0.2) is 35.2 Å². The zero-order chi connectivity index (χ0) is 10.8. The van der Waals surface area contributed by atoms with Crippen LogP contribution in [-0.2, 0) is 0 Å². The Balaban J connectivity index is 2.46. The number of hydrogen-bond acceptors (Lipinski definition) is 2. The monoisotopic (exact) mass is 199 g/mol. The molecule has 0 atom stereocenters. The minimum atomic E-state index is 0.183. The predicted octanol–water partition coefficient (Wildman–Crippen LogP) is 2.27. The second-order valence-corrected chi connectivity index (χ2v) is 5.35. The van der Waals surface area contributed by atoms with Gasteiger partial charge >= 0.3 is 0 Å². The molecule has 2 nitrogen and oxygen atoms in total. The van der Waals surface area contributed by atoms with Gasteiger partial charge in [0, 0.05) is 25.2 Å². The average molecular weight is 199 g/mol. The Morgan fingerprint density at radius 2 is 1.71 bits per heavy atom. The molecule has 1 saturated heterocycles. The van der Waals surface area contributed by atoms with Crippen LogP contribution in [0, 0.1) is 5.41 Å². The highest BCUT2D eigenvalue weighted by Crippen LogP contribution is 2.41. The molecule has 84 valence electrons. The molecule has 0 aliphatic carbocycles. The van der Waals surface area contributed by atoms with E-state index in [-0.39, 0.29) is 5.54 Å². The molecule has 1 rings (SSSR count). The highest BCUT2D eigenvalue weighted by atomic mass is 16.3. The van der Waals surface area contributed by atoms with Gasteiger partial charge in [0.2, 0.25) is 0 Å². The molecule has 0 aromatic rings. The van der Waals surface area contributed by atoms with Gasteiger partial charge in [0.25, 0.3) is 0 Å². The van der Waals surface area contributed by atoms with Gasteiger partial charge in [-0.05, 0) is 38.5 Å². The van der Waals surface area contributed by atoms with Crippen LogP contribution in [0.1, 0.15) is 47.0 Å². The average Bonchev–Trinajstić information content (AvgIpc) is 2.03. The molecule has 14 heavy (non-hydrogen) atoms. The van der Waals surface area contributed by atoms with Gasteiger partial charge in [-0.15, -0.1) is 0 Å². The van der Waals surface area contributed by atoms with Crippen LogP contribution in [0.15, 0.2) is 0 Å². The summed E-state index contributed by atoms with van der Waals surface area (Å²) in [4.78, 5) is 2.51. The maximum Gasteiger partial charge on any atom is 0.0448 e. The third-order valence-corrected chi connectivity index (χ3v) is 4.13. The summed E-state index contributed by atoms with van der Waals surface area (Å²) in [7, 11) is 0. The van der Waals surface area contributed by atoms with Gasteiger partial charge in [-0.1, -0.05) is 13.8 Å². The van der Waals surface area contributed by atoms with Crippen molar-refractivity contribution in [3.63, 3.8) is 0 Å². The van der Waals surface area contributed by atoms with Gasteiger partial charge in [0.05, 0.1) is 0 Å². The van der Waals surface area contributed by atoms with Crippen molar-refractivity contribution in [1.29, 1.82) is 0 Å². The molecule has 0 aromatic carbocycles. The molecule has 0 unspecified atom stereocenters. The lowest BCUT2D eigenvalue weighted by Crippen LogP contribution is -2.63. The Hall–Kier alpha value is -0.0800. The predicted molar refractivity (Wildman–Crippen MR) is 60.4 cm³/mol. The molecule has 0 amide bonds. The molecule has 1 fully saturated rings. The first kappa shape index (κ1) is 12.0. The van der Waals surface area contributed by atoms with Crippen molar-refractivity contribution in [2.75, 3.05) is 19.7 Å². The van der Waals surface area contributed by atoms with Crippen molar-refractivity contribution in [3.8, 4) is 0 Å². The van der Waals surface area contributed by atoms with E-state index in [1.54, 1.807) is 0 Å². The Morgan fingerprint density at radius 3 is 2.07 bits per heavy atom. The third kappa shape index (κ3) is 2.12. The molecule has 1 aliphatic rings. The van der Waals surface area contributed by atoms with Crippen molar-refractivity contribution in [3.05, 3.63) is 0 Å². The van der Waals surface area contributed by atoms with Crippen molar-refractivity contribution in [2.24, 2.45) is 5.41 Å². The van der Waals surface area contributed by atoms with E-state index in [9.17, 15) is 0 Å². The summed E-state index contributed by atoms with van der Waals surface area (Å²) in [6, 6.07) is 0. The van der Waals surface area contributed by atoms with Crippen LogP contribution >= 0.6 is 0 Å². The molecular formula is C12H25NO. The first-order valence-corrected chi connectivity index (χ1v) is 5.85. The first-order valence-electron chi connectivity index (χ1n) is 5.85. The van der Waals surface area contributed by atoms with Crippen LogP contribution in [0.4, 0.5) is 0 Å². The minimum absolute atomic E-state index is 0.183. The van der Waals surface area contributed by atoms with Crippen LogP contribution in [0.25, 0.3) is 0 Å². The molecule has 2 heteroatoms. The molecule has 0 spiro atoms. The topological polar surface area (TPSA) is 23.5 Å². The third-order valence-electron chi connectivity index (χ3n) is 4.13. The summed E-state index contributed by atoms with van der Waals surface area (Å²) in [6.45, 7) is 11.8. The Morgan fingerprint density at radius 1 is 1.21 bits per heavy atom. The van der Waals surface area contributed by atoms with E-state index in [4.69, 9.17) is 5.11 Å². The summed E-state index contributed by atoms with van der Waals surface area (Å²) in [5, 5.41) is 8.99. The number of rotatable bonds is 5. The van der Waals surface area contributed by atoms with Gasteiger partial charge in [0.15, 0.2) is 0 Å². The molecule has 1 heterocycles. The largest absolute Gasteiger partial charge is 0.396 e. The molecule has 0 radical (unpaired) electrons. The van der Waals surface area contributed by atoms with Crippen LogP contribution < -0.4 is 0 Å². The molecule has 0 bridgehead atoms. The Bertz CT molecular complexity index is 177. The SMILES string of the molecule is CCC1(CC)CN(C(C)(C)CCO)C1. The molecule has 1 N–H and O–H groups in total. The number of likely N-dealkylation sites (tertiary alicyclic amines) is 1. The van der Waals surface area contributed by atoms with Crippen molar-refractivity contribution < 1.29 is 5.11 Å². The van der Waals surface area contributed by atoms with Gasteiger partial charge in [0.1, 0.15) is 0 Å². The van der Waals surface area contributed by atoms with E-state index in [0.717, 1.165) is 6.42 Å². The van der Waals surface area contributed by atoms with E-state index >= 15 is 0 Å². The minimum Gasteiger partial charge on any atom is -0.396 e. The Kier molecular flexibility index (Phi) is 3.59. The van der Waals surface area contributed by atoms with Crippen molar-refractivity contribution in [1.82, 2.24) is 4.90 Å².